The zero-order valence-electron chi connectivity index (χ0n) is 31.5. The fraction of sp³-hybridized carbons (Fsp3) is 0.208. The topological polar surface area (TPSA) is 6.48 Å². The summed E-state index contributed by atoms with van der Waals surface area (Å²) in [4.78, 5) is 5.20. The van der Waals surface area contributed by atoms with Crippen LogP contribution in [0.4, 0.5) is 22.7 Å². The molecule has 5 heteroatoms. The van der Waals surface area contributed by atoms with Crippen molar-refractivity contribution < 1.29 is 0 Å². The van der Waals surface area contributed by atoms with Crippen molar-refractivity contribution in [3.8, 4) is 11.1 Å². The summed E-state index contributed by atoms with van der Waals surface area (Å²) < 4.78 is 0. The summed E-state index contributed by atoms with van der Waals surface area (Å²) in [5.41, 5.74) is 15.5. The van der Waals surface area contributed by atoms with Crippen LogP contribution in [-0.4, -0.2) is 22.9 Å². The fourth-order valence-corrected chi connectivity index (χ4v) is 18.8. The lowest BCUT2D eigenvalue weighted by molar-refractivity contribution is 0.646. The number of hydrogen-bond donors (Lipinski definition) is 0. The van der Waals surface area contributed by atoms with Crippen LogP contribution in [0.5, 0.6) is 0 Å². The van der Waals surface area contributed by atoms with Gasteiger partial charge in [-0.2, -0.15) is 0 Å². The van der Waals surface area contributed by atoms with Crippen LogP contribution in [0, 0.1) is 0 Å². The molecule has 0 N–H and O–H groups in total. The maximum absolute atomic E-state index is 2.65. The van der Waals surface area contributed by atoms with Gasteiger partial charge in [-0.1, -0.05) is 179 Å². The van der Waals surface area contributed by atoms with Gasteiger partial charge in [0.25, 0.3) is 0 Å². The third-order valence-electron chi connectivity index (χ3n) is 13.4. The first kappa shape index (κ1) is 32.8. The molecule has 0 bridgehead atoms. The van der Waals surface area contributed by atoms with Gasteiger partial charge < -0.3 is 9.80 Å². The second kappa shape index (κ2) is 12.4. The van der Waals surface area contributed by atoms with Crippen molar-refractivity contribution in [1.29, 1.82) is 0 Å². The predicted molar refractivity (Wildman–Crippen MR) is 235 cm³/mol. The highest BCUT2D eigenvalue weighted by Gasteiger charge is 2.51. The summed E-state index contributed by atoms with van der Waals surface area (Å²) in [5.74, 6) is 0. The van der Waals surface area contributed by atoms with Crippen molar-refractivity contribution >= 4 is 82.7 Å². The summed E-state index contributed by atoms with van der Waals surface area (Å²) >= 11 is 0. The molecule has 0 aromatic heterocycles. The molecule has 6 aromatic carbocycles. The summed E-state index contributed by atoms with van der Waals surface area (Å²) in [7, 11) is -4.06. The van der Waals surface area contributed by atoms with E-state index in [4.69, 9.17) is 0 Å². The van der Waals surface area contributed by atoms with Gasteiger partial charge in [0.05, 0.1) is 11.4 Å². The minimum absolute atomic E-state index is 0.259. The second-order valence-corrected chi connectivity index (χ2v) is 25.1. The molecule has 4 aliphatic rings. The van der Waals surface area contributed by atoms with E-state index in [0.29, 0.717) is 0 Å². The van der Waals surface area contributed by atoms with Crippen LogP contribution < -0.4 is 46.9 Å². The Hall–Kier alpha value is -4.84. The van der Waals surface area contributed by atoms with Crippen molar-refractivity contribution in [3.05, 3.63) is 151 Å². The lowest BCUT2D eigenvalue weighted by Crippen LogP contribution is -2.87. The standard InChI is InChI=1S/C48H47BN2Si2/c1-5-53(6-2)44-31-28-35(34-18-9-7-10-19-34)32-39(44)49-38-30-29-37(33-47(38)52(3,4)45-26-17-27-46(53)48(45)49)51-42-24-15-13-22-40(42)50(36-20-11-8-12-21-36)41-23-14-16-25-43(41)51/h7-13,15,17-22,24,26-33H,5-6,14,16,23,25H2,1-4H3. The van der Waals surface area contributed by atoms with E-state index >= 15 is 0 Å². The molecule has 0 atom stereocenters. The Morgan fingerprint density at radius 1 is 0.509 bits per heavy atom. The van der Waals surface area contributed by atoms with E-state index in [-0.39, 0.29) is 6.71 Å². The van der Waals surface area contributed by atoms with Crippen LogP contribution in [0.2, 0.25) is 25.2 Å². The number of para-hydroxylation sites is 3. The maximum atomic E-state index is 2.65. The van der Waals surface area contributed by atoms with Gasteiger partial charge in [-0.05, 0) is 73.2 Å². The number of anilines is 4. The van der Waals surface area contributed by atoms with Crippen LogP contribution in [0.1, 0.15) is 39.5 Å². The van der Waals surface area contributed by atoms with E-state index in [9.17, 15) is 0 Å². The Kier molecular flexibility index (Phi) is 7.65. The lowest BCUT2D eigenvalue weighted by Gasteiger charge is -2.48. The molecule has 2 nitrogen and oxygen atoms in total. The quantitative estimate of drug-likeness (QED) is 0.167. The average Bonchev–Trinajstić information content (AvgIpc) is 3.21. The van der Waals surface area contributed by atoms with E-state index in [1.165, 1.54) is 70.2 Å². The van der Waals surface area contributed by atoms with Crippen molar-refractivity contribution in [3.63, 3.8) is 0 Å². The number of nitrogens with zero attached hydrogens (tertiary/aromatic N) is 2. The maximum Gasteiger partial charge on any atom is 0.240 e. The third kappa shape index (κ3) is 4.69. The van der Waals surface area contributed by atoms with Gasteiger partial charge in [-0.25, -0.2) is 0 Å². The lowest BCUT2D eigenvalue weighted by atomic mass is 9.36. The molecule has 0 saturated carbocycles. The van der Waals surface area contributed by atoms with E-state index < -0.39 is 16.1 Å². The van der Waals surface area contributed by atoms with E-state index in [1.54, 1.807) is 37.1 Å². The number of hydrogen-bond acceptors (Lipinski definition) is 2. The Balaban J connectivity index is 1.20. The van der Waals surface area contributed by atoms with Crippen LogP contribution in [0.15, 0.2) is 151 Å². The van der Waals surface area contributed by atoms with Crippen molar-refractivity contribution in [2.75, 3.05) is 9.80 Å². The van der Waals surface area contributed by atoms with Gasteiger partial charge in [-0.15, -0.1) is 0 Å². The second-order valence-electron chi connectivity index (χ2n) is 16.1. The first-order valence-electron chi connectivity index (χ1n) is 19.9. The average molecular weight is 719 g/mol. The normalized spacial score (nSPS) is 17.4. The fourth-order valence-electron chi connectivity index (χ4n) is 10.8. The van der Waals surface area contributed by atoms with E-state index in [0.717, 1.165) is 12.8 Å². The van der Waals surface area contributed by atoms with Crippen molar-refractivity contribution in [2.45, 2.75) is 64.7 Å². The number of benzene rings is 6. The van der Waals surface area contributed by atoms with Crippen LogP contribution in [-0.2, 0) is 0 Å². The summed E-state index contributed by atoms with van der Waals surface area (Å²) in [6.45, 7) is 10.5. The molecule has 3 heterocycles. The highest BCUT2D eigenvalue weighted by Crippen LogP contribution is 2.50. The minimum Gasteiger partial charge on any atom is -0.310 e. The first-order valence-corrected chi connectivity index (χ1v) is 25.3. The van der Waals surface area contributed by atoms with E-state index in [2.05, 4.69) is 176 Å². The molecule has 0 radical (unpaired) electrons. The molecule has 0 spiro atoms. The Morgan fingerprint density at radius 2 is 1.13 bits per heavy atom. The zero-order valence-corrected chi connectivity index (χ0v) is 33.5. The van der Waals surface area contributed by atoms with Crippen LogP contribution >= 0.6 is 0 Å². The number of rotatable bonds is 5. The molecular weight excluding hydrogens is 672 g/mol. The summed E-state index contributed by atoms with van der Waals surface area (Å²) in [6, 6.07) is 56.4. The van der Waals surface area contributed by atoms with Gasteiger partial charge in [0.1, 0.15) is 16.1 Å². The van der Waals surface area contributed by atoms with Gasteiger partial charge in [0, 0.05) is 22.8 Å². The Labute approximate surface area is 317 Å². The molecule has 3 aliphatic heterocycles. The molecule has 53 heavy (non-hydrogen) atoms. The monoisotopic (exact) mass is 718 g/mol. The Bertz CT molecular complexity index is 2430. The molecule has 0 unspecified atom stereocenters. The number of fused-ring (bicyclic) bond motifs is 5. The first-order chi connectivity index (χ1) is 26.0. The highest BCUT2D eigenvalue weighted by atomic mass is 28.3. The van der Waals surface area contributed by atoms with Gasteiger partial charge >= 0.3 is 0 Å². The molecule has 6 aromatic rings. The van der Waals surface area contributed by atoms with Gasteiger partial charge in [0.2, 0.25) is 6.71 Å². The highest BCUT2D eigenvalue weighted by molar-refractivity contribution is 7.21. The van der Waals surface area contributed by atoms with Gasteiger partial charge in [-0.3, -0.25) is 0 Å². The zero-order chi connectivity index (χ0) is 35.9. The SMILES string of the molecule is CC[Si]1(CC)c2ccc(-c3ccccc3)cc2B2c3ccc(N4C5=C(CCCC5)N(c5ccccc5)c5ccccc54)cc3[Si](C)(C)c3cccc1c32. The summed E-state index contributed by atoms with van der Waals surface area (Å²) in [5, 5.41) is 6.63. The molecule has 0 amide bonds. The molecule has 0 fully saturated rings. The molecule has 0 saturated heterocycles. The van der Waals surface area contributed by atoms with Crippen LogP contribution in [0.25, 0.3) is 11.1 Å². The largest absolute Gasteiger partial charge is 0.310 e. The molecule has 1 aliphatic carbocycles. The minimum atomic E-state index is -2.10. The van der Waals surface area contributed by atoms with Gasteiger partial charge in [0.15, 0.2) is 0 Å². The smallest absolute Gasteiger partial charge is 0.240 e. The molecular formula is C48H47BN2Si2. The summed E-state index contributed by atoms with van der Waals surface area (Å²) in [6.07, 6.45) is 4.65. The van der Waals surface area contributed by atoms with Crippen LogP contribution in [0.3, 0.4) is 0 Å². The predicted octanol–water partition coefficient (Wildman–Crippen LogP) is 8.00. The molecule has 10 rings (SSSR count). The molecule has 260 valence electrons. The third-order valence-corrected chi connectivity index (χ3v) is 22.3. The Morgan fingerprint density at radius 3 is 1.81 bits per heavy atom. The number of allylic oxidation sites excluding steroid dienone is 2. The van der Waals surface area contributed by atoms with Crippen molar-refractivity contribution in [2.24, 2.45) is 0 Å². The van der Waals surface area contributed by atoms with E-state index in [1.807, 2.05) is 0 Å². The van der Waals surface area contributed by atoms with Crippen molar-refractivity contribution in [1.82, 2.24) is 0 Å².